The van der Waals surface area contributed by atoms with Gasteiger partial charge in [0.25, 0.3) is 0 Å². The van der Waals surface area contributed by atoms with Crippen molar-refractivity contribution in [3.63, 3.8) is 0 Å². The Hall–Kier alpha value is -1.34. The maximum absolute atomic E-state index is 2.32. The van der Waals surface area contributed by atoms with E-state index in [0.717, 1.165) is 0 Å². The van der Waals surface area contributed by atoms with Crippen LogP contribution in [0.5, 0.6) is 0 Å². The zero-order valence-electron chi connectivity index (χ0n) is 10.2. The van der Waals surface area contributed by atoms with Crippen LogP contribution in [0, 0.1) is 0 Å². The highest BCUT2D eigenvalue weighted by Crippen LogP contribution is 2.38. The van der Waals surface area contributed by atoms with Crippen LogP contribution in [0.4, 0.5) is 0 Å². The molecule has 1 heterocycles. The lowest BCUT2D eigenvalue weighted by molar-refractivity contribution is 0.740. The number of benzene rings is 2. The van der Waals surface area contributed by atoms with Gasteiger partial charge >= 0.3 is 0 Å². The molecule has 0 fully saturated rings. The van der Waals surface area contributed by atoms with Crippen LogP contribution in [0.3, 0.4) is 0 Å². The molecule has 0 aliphatic heterocycles. The number of thiophene rings is 1. The van der Waals surface area contributed by atoms with Crippen LogP contribution >= 0.6 is 11.3 Å². The normalized spacial score (nSPS) is 13.3. The van der Waals surface area contributed by atoms with E-state index in [4.69, 9.17) is 0 Å². The number of hydrogen-bond acceptors (Lipinski definition) is 1. The van der Waals surface area contributed by atoms with Gasteiger partial charge in [0.05, 0.1) is 0 Å². The summed E-state index contributed by atoms with van der Waals surface area (Å²) in [5.41, 5.74) is 1.50. The second-order valence-electron chi connectivity index (χ2n) is 4.63. The highest BCUT2D eigenvalue weighted by Gasteiger charge is 2.12. The summed E-state index contributed by atoms with van der Waals surface area (Å²) in [6.07, 6.45) is 1.20. The lowest BCUT2D eigenvalue weighted by atomic mass is 9.94. The molecule has 86 valence electrons. The minimum atomic E-state index is 0.636. The Labute approximate surface area is 106 Å². The number of fused-ring (bicyclic) bond motifs is 3. The molecule has 1 unspecified atom stereocenters. The molecule has 2 aromatic carbocycles. The lowest BCUT2D eigenvalue weighted by Gasteiger charge is -2.10. The van der Waals surface area contributed by atoms with E-state index in [0.29, 0.717) is 5.92 Å². The summed E-state index contributed by atoms with van der Waals surface area (Å²) in [5, 5.41) is 2.89. The smallest absolute Gasteiger partial charge is 0.0358 e. The minimum absolute atomic E-state index is 0.636. The summed E-state index contributed by atoms with van der Waals surface area (Å²) < 4.78 is 2.82. The van der Waals surface area contributed by atoms with Gasteiger partial charge in [0.2, 0.25) is 0 Å². The largest absolute Gasteiger partial charge is 0.135 e. The van der Waals surface area contributed by atoms with Crippen molar-refractivity contribution >= 4 is 31.5 Å². The van der Waals surface area contributed by atoms with Gasteiger partial charge < -0.3 is 0 Å². The Morgan fingerprint density at radius 2 is 1.76 bits per heavy atom. The summed E-state index contributed by atoms with van der Waals surface area (Å²) >= 11 is 1.90. The van der Waals surface area contributed by atoms with Crippen LogP contribution in [0.15, 0.2) is 42.5 Å². The molecular formula is C16H16S. The van der Waals surface area contributed by atoms with E-state index in [-0.39, 0.29) is 0 Å². The fourth-order valence-electron chi connectivity index (χ4n) is 2.43. The van der Waals surface area contributed by atoms with Crippen molar-refractivity contribution in [3.8, 4) is 0 Å². The molecule has 17 heavy (non-hydrogen) atoms. The van der Waals surface area contributed by atoms with Crippen molar-refractivity contribution in [2.24, 2.45) is 0 Å². The molecule has 0 amide bonds. The molecule has 0 radical (unpaired) electrons. The molecule has 0 bridgehead atoms. The van der Waals surface area contributed by atoms with Gasteiger partial charge in [-0.3, -0.25) is 0 Å². The number of hydrogen-bond donors (Lipinski definition) is 0. The fourth-order valence-corrected chi connectivity index (χ4v) is 3.57. The van der Waals surface area contributed by atoms with Crippen LogP contribution in [0.25, 0.3) is 20.2 Å². The molecule has 0 N–H and O–H groups in total. The number of rotatable bonds is 2. The molecule has 1 atom stereocenters. The third-order valence-electron chi connectivity index (χ3n) is 3.58. The Kier molecular flexibility index (Phi) is 2.64. The molecule has 0 spiro atoms. The third-order valence-corrected chi connectivity index (χ3v) is 4.71. The molecule has 1 heteroatoms. The molecule has 0 nitrogen and oxygen atoms in total. The monoisotopic (exact) mass is 240 g/mol. The average Bonchev–Trinajstić information content (AvgIpc) is 2.76. The third kappa shape index (κ3) is 1.66. The van der Waals surface area contributed by atoms with Crippen molar-refractivity contribution in [1.82, 2.24) is 0 Å². The minimum Gasteiger partial charge on any atom is -0.135 e. The molecule has 0 aliphatic carbocycles. The van der Waals surface area contributed by atoms with Gasteiger partial charge in [-0.1, -0.05) is 44.2 Å². The van der Waals surface area contributed by atoms with Crippen LogP contribution in [-0.2, 0) is 0 Å². The summed E-state index contributed by atoms with van der Waals surface area (Å²) in [7, 11) is 0. The Bertz CT molecular complexity index is 663. The summed E-state index contributed by atoms with van der Waals surface area (Å²) in [6, 6.07) is 15.5. The van der Waals surface area contributed by atoms with Crippen LogP contribution in [-0.4, -0.2) is 0 Å². The van der Waals surface area contributed by atoms with Gasteiger partial charge in [-0.15, -0.1) is 11.3 Å². The maximum Gasteiger partial charge on any atom is 0.0358 e. The van der Waals surface area contributed by atoms with E-state index in [1.54, 1.807) is 0 Å². The van der Waals surface area contributed by atoms with E-state index >= 15 is 0 Å². The predicted molar refractivity (Wildman–Crippen MR) is 78.0 cm³/mol. The predicted octanol–water partition coefficient (Wildman–Crippen LogP) is 5.57. The highest BCUT2D eigenvalue weighted by molar-refractivity contribution is 7.25. The van der Waals surface area contributed by atoms with Gasteiger partial charge in [-0.2, -0.15) is 0 Å². The summed E-state index contributed by atoms with van der Waals surface area (Å²) in [4.78, 5) is 0. The van der Waals surface area contributed by atoms with E-state index in [2.05, 4.69) is 56.3 Å². The SMILES string of the molecule is CCC(C)c1cccc2sc3ccccc3c12. The van der Waals surface area contributed by atoms with Gasteiger partial charge in [-0.25, -0.2) is 0 Å². The van der Waals surface area contributed by atoms with Gasteiger partial charge in [0, 0.05) is 20.2 Å². The molecule has 0 aliphatic rings. The summed E-state index contributed by atoms with van der Waals surface area (Å²) in [5.74, 6) is 0.636. The first-order valence-corrected chi connectivity index (χ1v) is 7.03. The summed E-state index contributed by atoms with van der Waals surface area (Å²) in [6.45, 7) is 4.58. The molecule has 3 aromatic rings. The molecule has 0 saturated carbocycles. The van der Waals surface area contributed by atoms with E-state index in [9.17, 15) is 0 Å². The highest BCUT2D eigenvalue weighted by atomic mass is 32.1. The van der Waals surface area contributed by atoms with Crippen LogP contribution in [0.2, 0.25) is 0 Å². The first-order valence-electron chi connectivity index (χ1n) is 6.21. The lowest BCUT2D eigenvalue weighted by Crippen LogP contribution is -1.91. The van der Waals surface area contributed by atoms with Crippen LogP contribution < -0.4 is 0 Å². The van der Waals surface area contributed by atoms with E-state index in [1.807, 2.05) is 11.3 Å². The fraction of sp³-hybridized carbons (Fsp3) is 0.250. The maximum atomic E-state index is 2.32. The average molecular weight is 240 g/mol. The first-order chi connectivity index (χ1) is 8.31. The van der Waals surface area contributed by atoms with Crippen molar-refractivity contribution < 1.29 is 0 Å². The standard InChI is InChI=1S/C16H16S/c1-3-11(2)12-8-6-10-15-16(12)13-7-4-5-9-14(13)17-15/h4-11H,3H2,1-2H3. The van der Waals surface area contributed by atoms with Gasteiger partial charge in [-0.05, 0) is 30.0 Å². The molecule has 3 rings (SSSR count). The van der Waals surface area contributed by atoms with Crippen molar-refractivity contribution in [3.05, 3.63) is 48.0 Å². The Morgan fingerprint density at radius 3 is 2.59 bits per heavy atom. The second-order valence-corrected chi connectivity index (χ2v) is 5.71. The zero-order chi connectivity index (χ0) is 11.8. The van der Waals surface area contributed by atoms with Crippen molar-refractivity contribution in [2.75, 3.05) is 0 Å². The van der Waals surface area contributed by atoms with Crippen LogP contribution in [0.1, 0.15) is 31.7 Å². The van der Waals surface area contributed by atoms with Crippen molar-refractivity contribution in [2.45, 2.75) is 26.2 Å². The molecular weight excluding hydrogens is 224 g/mol. The zero-order valence-corrected chi connectivity index (χ0v) is 11.1. The second kappa shape index (κ2) is 4.15. The quantitative estimate of drug-likeness (QED) is 0.549. The topological polar surface area (TPSA) is 0 Å². The molecule has 0 saturated heterocycles. The van der Waals surface area contributed by atoms with Gasteiger partial charge in [0.1, 0.15) is 0 Å². The molecule has 1 aromatic heterocycles. The van der Waals surface area contributed by atoms with E-state index < -0.39 is 0 Å². The van der Waals surface area contributed by atoms with E-state index in [1.165, 1.54) is 32.2 Å². The first kappa shape index (κ1) is 10.8. The van der Waals surface area contributed by atoms with Crippen molar-refractivity contribution in [1.29, 1.82) is 0 Å². The van der Waals surface area contributed by atoms with Gasteiger partial charge in [0.15, 0.2) is 0 Å². The Morgan fingerprint density at radius 1 is 1.00 bits per heavy atom. The Balaban J connectivity index is 2.43.